The van der Waals surface area contributed by atoms with Gasteiger partial charge in [0.15, 0.2) is 0 Å². The summed E-state index contributed by atoms with van der Waals surface area (Å²) in [5.74, 6) is 1.23. The Labute approximate surface area is 109 Å². The summed E-state index contributed by atoms with van der Waals surface area (Å²) in [4.78, 5) is 18.8. The minimum Gasteiger partial charge on any atom is -0.362 e. The van der Waals surface area contributed by atoms with Gasteiger partial charge in [0.2, 0.25) is 5.91 Å². The third kappa shape index (κ3) is 2.36. The highest BCUT2D eigenvalue weighted by Gasteiger charge is 2.36. The predicted molar refractivity (Wildman–Crippen MR) is 70.4 cm³/mol. The van der Waals surface area contributed by atoms with Crippen LogP contribution in [-0.2, 0) is 9.53 Å². The molecule has 2 heterocycles. The second-order valence-electron chi connectivity index (χ2n) is 5.43. The number of amidine groups is 1. The number of carbonyl (C=O) groups excluding carboxylic acids is 1. The van der Waals surface area contributed by atoms with Gasteiger partial charge in [-0.1, -0.05) is 13.8 Å². The minimum atomic E-state index is -0.269. The van der Waals surface area contributed by atoms with Gasteiger partial charge in [-0.2, -0.15) is 0 Å². The molecule has 0 bridgehead atoms. The first-order valence-corrected chi connectivity index (χ1v) is 6.72. The van der Waals surface area contributed by atoms with E-state index in [1.54, 1.807) is 7.11 Å². The number of aliphatic imine (C=N–C) groups is 1. The van der Waals surface area contributed by atoms with E-state index in [9.17, 15) is 4.79 Å². The summed E-state index contributed by atoms with van der Waals surface area (Å²) in [6.07, 6.45) is 2.25. The van der Waals surface area contributed by atoms with Crippen LogP contribution in [0, 0.1) is 5.92 Å². The van der Waals surface area contributed by atoms with Gasteiger partial charge in [-0.05, 0) is 25.7 Å². The number of likely N-dealkylation sites (tertiary alicyclic amines) is 1. The first-order chi connectivity index (χ1) is 8.54. The standard InChI is InChI=1S/C13H23N3O2/c1-8(2)11-13(17)14-9(3)12(15-11)16-7-5-6-10(16)18-4/h8-11H,5-7H2,1-4H3,(H,14,17)/t9-,10?,11+/m1/s1. The van der Waals surface area contributed by atoms with Crippen LogP contribution in [0.4, 0.5) is 0 Å². The first kappa shape index (κ1) is 13.3. The highest BCUT2D eigenvalue weighted by molar-refractivity contribution is 5.98. The van der Waals surface area contributed by atoms with Gasteiger partial charge in [-0.25, -0.2) is 0 Å². The average molecular weight is 253 g/mol. The van der Waals surface area contributed by atoms with E-state index >= 15 is 0 Å². The van der Waals surface area contributed by atoms with E-state index in [0.717, 1.165) is 25.2 Å². The van der Waals surface area contributed by atoms with Crippen molar-refractivity contribution in [3.63, 3.8) is 0 Å². The smallest absolute Gasteiger partial charge is 0.245 e. The maximum absolute atomic E-state index is 11.9. The van der Waals surface area contributed by atoms with Crippen LogP contribution in [0.5, 0.6) is 0 Å². The second-order valence-corrected chi connectivity index (χ2v) is 5.43. The molecule has 1 fully saturated rings. The van der Waals surface area contributed by atoms with Gasteiger partial charge in [0, 0.05) is 13.7 Å². The van der Waals surface area contributed by atoms with Crippen LogP contribution in [0.1, 0.15) is 33.6 Å². The first-order valence-electron chi connectivity index (χ1n) is 6.72. The molecule has 2 aliphatic rings. The minimum absolute atomic E-state index is 0.0248. The largest absolute Gasteiger partial charge is 0.362 e. The number of methoxy groups -OCH3 is 1. The lowest BCUT2D eigenvalue weighted by Gasteiger charge is -2.35. The number of nitrogens with zero attached hydrogens (tertiary/aromatic N) is 2. The third-order valence-electron chi connectivity index (χ3n) is 3.68. The molecule has 0 aromatic rings. The van der Waals surface area contributed by atoms with E-state index in [-0.39, 0.29) is 30.1 Å². The Morgan fingerprint density at radius 1 is 1.50 bits per heavy atom. The van der Waals surface area contributed by atoms with Crippen molar-refractivity contribution in [3.05, 3.63) is 0 Å². The topological polar surface area (TPSA) is 53.9 Å². The van der Waals surface area contributed by atoms with Gasteiger partial charge < -0.3 is 15.0 Å². The van der Waals surface area contributed by atoms with Gasteiger partial charge >= 0.3 is 0 Å². The normalized spacial score (nSPS) is 32.7. The van der Waals surface area contributed by atoms with Crippen molar-refractivity contribution in [2.24, 2.45) is 10.9 Å². The Bertz CT molecular complexity index is 354. The number of nitrogens with one attached hydrogen (secondary N) is 1. The summed E-state index contributed by atoms with van der Waals surface area (Å²) in [6.45, 7) is 7.00. The number of ether oxygens (including phenoxy) is 1. The number of carbonyl (C=O) groups is 1. The van der Waals surface area contributed by atoms with Crippen LogP contribution < -0.4 is 5.32 Å². The molecule has 2 aliphatic heterocycles. The summed E-state index contributed by atoms with van der Waals surface area (Å²) in [5, 5.41) is 3.02. The molecule has 5 heteroatoms. The monoisotopic (exact) mass is 253 g/mol. The van der Waals surface area contributed by atoms with E-state index < -0.39 is 0 Å². The molecular weight excluding hydrogens is 230 g/mol. The Balaban J connectivity index is 2.24. The van der Waals surface area contributed by atoms with Gasteiger partial charge in [-0.15, -0.1) is 0 Å². The third-order valence-corrected chi connectivity index (χ3v) is 3.68. The quantitative estimate of drug-likeness (QED) is 0.798. The summed E-state index contributed by atoms with van der Waals surface area (Å²) < 4.78 is 5.48. The van der Waals surface area contributed by atoms with Crippen molar-refractivity contribution in [3.8, 4) is 0 Å². The van der Waals surface area contributed by atoms with Crippen molar-refractivity contribution in [2.75, 3.05) is 13.7 Å². The molecule has 1 saturated heterocycles. The molecular formula is C13H23N3O2. The SMILES string of the molecule is COC1CCCN1C1=N[C@@H](C(C)C)C(=O)N[C@@H]1C. The van der Waals surface area contributed by atoms with Gasteiger partial charge in [0.05, 0.1) is 6.04 Å². The molecule has 5 nitrogen and oxygen atoms in total. The van der Waals surface area contributed by atoms with Crippen molar-refractivity contribution >= 4 is 11.7 Å². The van der Waals surface area contributed by atoms with E-state index in [1.807, 2.05) is 20.8 Å². The molecule has 0 spiro atoms. The number of rotatable bonds is 2. The van der Waals surface area contributed by atoms with Crippen LogP contribution in [0.2, 0.25) is 0 Å². The summed E-state index contributed by atoms with van der Waals surface area (Å²) in [6, 6.07) is -0.294. The fourth-order valence-corrected chi connectivity index (χ4v) is 2.69. The molecule has 1 unspecified atom stereocenters. The zero-order chi connectivity index (χ0) is 13.3. The van der Waals surface area contributed by atoms with E-state index in [4.69, 9.17) is 4.74 Å². The van der Waals surface area contributed by atoms with Crippen LogP contribution in [0.25, 0.3) is 0 Å². The molecule has 1 amide bonds. The molecule has 3 atom stereocenters. The molecule has 0 saturated carbocycles. The Hall–Kier alpha value is -1.10. The fourth-order valence-electron chi connectivity index (χ4n) is 2.69. The lowest BCUT2D eigenvalue weighted by Crippen LogP contribution is -2.56. The van der Waals surface area contributed by atoms with Crippen LogP contribution in [0.3, 0.4) is 0 Å². The maximum atomic E-state index is 11.9. The molecule has 102 valence electrons. The lowest BCUT2D eigenvalue weighted by atomic mass is 10.0. The Morgan fingerprint density at radius 3 is 2.83 bits per heavy atom. The molecule has 18 heavy (non-hydrogen) atoms. The van der Waals surface area contributed by atoms with E-state index in [1.165, 1.54) is 0 Å². The highest BCUT2D eigenvalue weighted by atomic mass is 16.5. The molecule has 2 rings (SSSR count). The lowest BCUT2D eigenvalue weighted by molar-refractivity contribution is -0.124. The van der Waals surface area contributed by atoms with Crippen molar-refractivity contribution < 1.29 is 9.53 Å². The summed E-state index contributed by atoms with van der Waals surface area (Å²) in [7, 11) is 1.73. The Kier molecular flexibility index (Phi) is 3.90. The molecule has 0 radical (unpaired) electrons. The maximum Gasteiger partial charge on any atom is 0.245 e. The Morgan fingerprint density at radius 2 is 2.22 bits per heavy atom. The molecule has 0 aromatic heterocycles. The number of hydrogen-bond donors (Lipinski definition) is 1. The summed E-state index contributed by atoms with van der Waals surface area (Å²) >= 11 is 0. The molecule has 0 aromatic carbocycles. The van der Waals surface area contributed by atoms with E-state index in [2.05, 4.69) is 15.2 Å². The van der Waals surface area contributed by atoms with Crippen molar-refractivity contribution in [2.45, 2.75) is 51.9 Å². The van der Waals surface area contributed by atoms with Crippen molar-refractivity contribution in [1.29, 1.82) is 0 Å². The van der Waals surface area contributed by atoms with Gasteiger partial charge in [0.1, 0.15) is 18.1 Å². The summed E-state index contributed by atoms with van der Waals surface area (Å²) in [5.41, 5.74) is 0. The van der Waals surface area contributed by atoms with Gasteiger partial charge in [0.25, 0.3) is 0 Å². The number of amides is 1. The fraction of sp³-hybridized carbons (Fsp3) is 0.846. The van der Waals surface area contributed by atoms with Gasteiger partial charge in [-0.3, -0.25) is 9.79 Å². The van der Waals surface area contributed by atoms with Crippen LogP contribution >= 0.6 is 0 Å². The molecule has 1 N–H and O–H groups in total. The van der Waals surface area contributed by atoms with E-state index in [0.29, 0.717) is 0 Å². The zero-order valence-corrected chi connectivity index (χ0v) is 11.6. The van der Waals surface area contributed by atoms with Crippen LogP contribution in [-0.4, -0.2) is 48.6 Å². The molecule has 0 aliphatic carbocycles. The zero-order valence-electron chi connectivity index (χ0n) is 11.6. The second kappa shape index (κ2) is 5.26. The van der Waals surface area contributed by atoms with Crippen molar-refractivity contribution in [1.82, 2.24) is 10.2 Å². The average Bonchev–Trinajstić information content (AvgIpc) is 2.76. The number of hydrogen-bond acceptors (Lipinski definition) is 4. The van der Waals surface area contributed by atoms with Crippen LogP contribution in [0.15, 0.2) is 4.99 Å². The predicted octanol–water partition coefficient (Wildman–Crippen LogP) is 0.996. The highest BCUT2D eigenvalue weighted by Crippen LogP contribution is 2.22.